The van der Waals surface area contributed by atoms with E-state index < -0.39 is 29.4 Å². The monoisotopic (exact) mass is 402 g/mol. The third-order valence-electron chi connectivity index (χ3n) is 3.87. The number of esters is 1. The molecule has 11 heteroatoms. The lowest BCUT2D eigenvalue weighted by molar-refractivity contribution is -0.156. The summed E-state index contributed by atoms with van der Waals surface area (Å²) in [5.74, 6) is -1.31. The summed E-state index contributed by atoms with van der Waals surface area (Å²) in [7, 11) is 0. The summed E-state index contributed by atoms with van der Waals surface area (Å²) in [5.41, 5.74) is 5.79. The second-order valence-corrected chi connectivity index (χ2v) is 7.43. The summed E-state index contributed by atoms with van der Waals surface area (Å²) in [6, 6.07) is 5.57. The maximum absolute atomic E-state index is 12.2. The van der Waals surface area contributed by atoms with E-state index in [1.807, 2.05) is 0 Å². The molecule has 1 aromatic carbocycles. The molecular formula is C18H22N6O5. The van der Waals surface area contributed by atoms with Gasteiger partial charge in [-0.2, -0.15) is 4.80 Å². The number of carbonyl (C=O) groups excluding carboxylic acids is 3. The molecule has 0 radical (unpaired) electrons. The van der Waals surface area contributed by atoms with Gasteiger partial charge in [0.05, 0.1) is 24.3 Å². The van der Waals surface area contributed by atoms with Crippen molar-refractivity contribution in [3.05, 3.63) is 41.2 Å². The Morgan fingerprint density at radius 3 is 2.38 bits per heavy atom. The number of tetrazole rings is 1. The summed E-state index contributed by atoms with van der Waals surface area (Å²) in [4.78, 5) is 42.9. The van der Waals surface area contributed by atoms with Crippen LogP contribution in [0.5, 0.6) is 0 Å². The van der Waals surface area contributed by atoms with Crippen molar-refractivity contribution >= 4 is 17.8 Å². The molecule has 0 bridgehead atoms. The molecule has 2 amide bonds. The van der Waals surface area contributed by atoms with Crippen molar-refractivity contribution in [1.82, 2.24) is 25.3 Å². The van der Waals surface area contributed by atoms with Crippen molar-refractivity contribution in [2.24, 2.45) is 5.73 Å². The number of benzene rings is 1. The first kappa shape index (κ1) is 20.6. The van der Waals surface area contributed by atoms with Gasteiger partial charge < -0.3 is 10.5 Å². The molecule has 2 aromatic rings. The number of hydrogen-bond donors (Lipinski definition) is 1. The van der Waals surface area contributed by atoms with Crippen LogP contribution in [0.2, 0.25) is 0 Å². The first-order chi connectivity index (χ1) is 13.7. The number of amides is 2. The number of hydrogen-bond acceptors (Lipinski definition) is 9. The maximum Gasteiger partial charge on any atom is 0.323 e. The normalized spacial score (nSPS) is 14.8. The minimum atomic E-state index is -0.915. The van der Waals surface area contributed by atoms with Crippen molar-refractivity contribution in [2.75, 3.05) is 6.61 Å². The lowest BCUT2D eigenvalue weighted by Gasteiger charge is -2.21. The lowest BCUT2D eigenvalue weighted by Crippen LogP contribution is -2.39. The standard InChI is InChI=1S/C18H22N6O5/c1-18(2,3)29-17(27)13(19)10-14-20-22-23(21-14)8-9-28-24-15(25)11-6-4-5-7-12(11)16(24)26/h4-7,13H,8-10,19H2,1-3H3. The van der Waals surface area contributed by atoms with Crippen molar-refractivity contribution in [2.45, 2.75) is 45.4 Å². The van der Waals surface area contributed by atoms with Crippen molar-refractivity contribution in [3.8, 4) is 0 Å². The number of fused-ring (bicyclic) bond motifs is 1. The van der Waals surface area contributed by atoms with Gasteiger partial charge in [-0.15, -0.1) is 15.3 Å². The zero-order valence-electron chi connectivity index (χ0n) is 16.4. The van der Waals surface area contributed by atoms with Crippen molar-refractivity contribution in [1.29, 1.82) is 0 Å². The molecule has 0 fully saturated rings. The van der Waals surface area contributed by atoms with E-state index in [4.69, 9.17) is 15.3 Å². The number of aromatic nitrogens is 4. The average molecular weight is 402 g/mol. The molecule has 11 nitrogen and oxygen atoms in total. The van der Waals surface area contributed by atoms with Gasteiger partial charge >= 0.3 is 5.97 Å². The minimum Gasteiger partial charge on any atom is -0.459 e. The summed E-state index contributed by atoms with van der Waals surface area (Å²) < 4.78 is 5.21. The predicted molar refractivity (Wildman–Crippen MR) is 98.2 cm³/mol. The minimum absolute atomic E-state index is 0.0284. The van der Waals surface area contributed by atoms with Gasteiger partial charge in [-0.05, 0) is 38.1 Å². The van der Waals surface area contributed by atoms with E-state index in [0.717, 1.165) is 5.06 Å². The third-order valence-corrected chi connectivity index (χ3v) is 3.87. The lowest BCUT2D eigenvalue weighted by atomic mass is 10.1. The number of nitrogens with zero attached hydrogens (tertiary/aromatic N) is 5. The first-order valence-corrected chi connectivity index (χ1v) is 9.01. The highest BCUT2D eigenvalue weighted by atomic mass is 16.7. The van der Waals surface area contributed by atoms with Crippen LogP contribution in [-0.2, 0) is 27.3 Å². The largest absolute Gasteiger partial charge is 0.459 e. The van der Waals surface area contributed by atoms with Crippen molar-refractivity contribution in [3.63, 3.8) is 0 Å². The van der Waals surface area contributed by atoms with Crippen LogP contribution in [0.15, 0.2) is 24.3 Å². The van der Waals surface area contributed by atoms with Crippen LogP contribution >= 0.6 is 0 Å². The number of hydroxylamine groups is 2. The first-order valence-electron chi connectivity index (χ1n) is 9.01. The van der Waals surface area contributed by atoms with E-state index in [1.54, 1.807) is 45.0 Å². The highest BCUT2D eigenvalue weighted by Gasteiger charge is 2.36. The molecule has 29 heavy (non-hydrogen) atoms. The van der Waals surface area contributed by atoms with Crippen LogP contribution in [0.3, 0.4) is 0 Å². The number of carbonyl (C=O) groups is 3. The van der Waals surface area contributed by atoms with Crippen LogP contribution in [0.1, 0.15) is 47.3 Å². The Kier molecular flexibility index (Phi) is 5.71. The Morgan fingerprint density at radius 1 is 1.17 bits per heavy atom. The van der Waals surface area contributed by atoms with E-state index in [9.17, 15) is 14.4 Å². The van der Waals surface area contributed by atoms with E-state index in [1.165, 1.54) is 4.80 Å². The van der Waals surface area contributed by atoms with Crippen LogP contribution in [0.25, 0.3) is 0 Å². The van der Waals surface area contributed by atoms with Crippen LogP contribution < -0.4 is 5.73 Å². The Balaban J connectivity index is 1.50. The van der Waals surface area contributed by atoms with Crippen LogP contribution in [-0.4, -0.2) is 61.3 Å². The van der Waals surface area contributed by atoms with Crippen molar-refractivity contribution < 1.29 is 24.0 Å². The number of imide groups is 1. The summed E-state index contributed by atoms with van der Waals surface area (Å²) in [5, 5.41) is 12.5. The van der Waals surface area contributed by atoms with Crippen LogP contribution in [0.4, 0.5) is 0 Å². The van der Waals surface area contributed by atoms with Gasteiger partial charge in [0.25, 0.3) is 11.8 Å². The molecule has 0 saturated carbocycles. The molecule has 1 aliphatic rings. The molecule has 3 rings (SSSR count). The molecule has 1 aromatic heterocycles. The second kappa shape index (κ2) is 8.05. The van der Waals surface area contributed by atoms with E-state index in [-0.39, 0.29) is 25.4 Å². The third kappa shape index (κ3) is 4.81. The van der Waals surface area contributed by atoms with E-state index in [0.29, 0.717) is 11.1 Å². The molecule has 2 N–H and O–H groups in total. The Bertz CT molecular complexity index is 900. The van der Waals surface area contributed by atoms with E-state index in [2.05, 4.69) is 15.4 Å². The van der Waals surface area contributed by atoms with Gasteiger partial charge in [-0.3, -0.25) is 19.2 Å². The number of rotatable bonds is 7. The molecule has 1 unspecified atom stereocenters. The highest BCUT2D eigenvalue weighted by Crippen LogP contribution is 2.22. The molecular weight excluding hydrogens is 380 g/mol. The molecule has 154 valence electrons. The number of ether oxygens (including phenoxy) is 1. The molecule has 1 atom stereocenters. The highest BCUT2D eigenvalue weighted by molar-refractivity contribution is 6.20. The summed E-state index contributed by atoms with van der Waals surface area (Å²) in [6.07, 6.45) is 0.0637. The fourth-order valence-corrected chi connectivity index (χ4v) is 2.61. The fraction of sp³-hybridized carbons (Fsp3) is 0.444. The Labute approximate surface area is 166 Å². The van der Waals surface area contributed by atoms with Gasteiger partial charge in [0.1, 0.15) is 11.6 Å². The predicted octanol–water partition coefficient (Wildman–Crippen LogP) is 0.112. The molecule has 0 aliphatic carbocycles. The summed E-state index contributed by atoms with van der Waals surface area (Å²) in [6.45, 7) is 5.36. The zero-order chi connectivity index (χ0) is 21.2. The molecule has 0 saturated heterocycles. The number of nitrogens with two attached hydrogens (primary N) is 1. The van der Waals surface area contributed by atoms with Gasteiger partial charge in [0, 0.05) is 6.42 Å². The smallest absolute Gasteiger partial charge is 0.323 e. The zero-order valence-corrected chi connectivity index (χ0v) is 16.4. The van der Waals surface area contributed by atoms with Gasteiger partial charge in [0.2, 0.25) is 0 Å². The molecule has 2 heterocycles. The topological polar surface area (TPSA) is 143 Å². The van der Waals surface area contributed by atoms with E-state index >= 15 is 0 Å². The maximum atomic E-state index is 12.2. The van der Waals surface area contributed by atoms with Crippen LogP contribution in [0, 0.1) is 0 Å². The molecule has 0 spiro atoms. The quantitative estimate of drug-likeness (QED) is 0.504. The SMILES string of the molecule is CC(C)(C)OC(=O)C(N)Cc1nnn(CCON2C(=O)c3ccccc3C2=O)n1. The Hall–Kier alpha value is -3.18. The fourth-order valence-electron chi connectivity index (χ4n) is 2.61. The van der Waals surface area contributed by atoms with Gasteiger partial charge in [-0.25, -0.2) is 0 Å². The second-order valence-electron chi connectivity index (χ2n) is 7.43. The average Bonchev–Trinajstić information content (AvgIpc) is 3.18. The molecule has 1 aliphatic heterocycles. The van der Waals surface area contributed by atoms with Gasteiger partial charge in [0.15, 0.2) is 5.82 Å². The Morgan fingerprint density at radius 2 is 1.79 bits per heavy atom. The van der Waals surface area contributed by atoms with Gasteiger partial charge in [-0.1, -0.05) is 12.1 Å². The summed E-state index contributed by atoms with van der Waals surface area (Å²) >= 11 is 0.